The fraction of sp³-hybridized carbons (Fsp3) is 1.00. The first-order valence-corrected chi connectivity index (χ1v) is 19.6. The van der Waals surface area contributed by atoms with Crippen molar-refractivity contribution >= 4 is 0 Å². The maximum atomic E-state index is 11.6. The number of hydrogen-bond acceptors (Lipinski definition) is 12. The zero-order valence-corrected chi connectivity index (χ0v) is 30.4. The molecule has 0 radical (unpaired) electrons. The van der Waals surface area contributed by atoms with Crippen molar-refractivity contribution in [2.45, 2.75) is 172 Å². The smallest absolute Gasteiger partial charge is 0.186 e. The summed E-state index contributed by atoms with van der Waals surface area (Å²) in [5.74, 6) is 2.24. The number of rotatable bonds is 4. The first-order chi connectivity index (χ1) is 23.7. The second kappa shape index (κ2) is 13.1. The van der Waals surface area contributed by atoms with Gasteiger partial charge in [-0.2, -0.15) is 0 Å². The van der Waals surface area contributed by atoms with Crippen LogP contribution in [0.3, 0.4) is 0 Å². The Morgan fingerprint density at radius 2 is 1.44 bits per heavy atom. The van der Waals surface area contributed by atoms with Gasteiger partial charge >= 0.3 is 0 Å². The maximum absolute atomic E-state index is 11.6. The minimum atomic E-state index is -1.57. The molecule has 4 saturated carbocycles. The lowest BCUT2D eigenvalue weighted by atomic mass is 9.43. The Hall–Kier alpha value is -0.480. The number of ether oxygens (including phenoxy) is 6. The summed E-state index contributed by atoms with van der Waals surface area (Å²) in [6, 6.07) is 0. The number of fused-ring (bicyclic) bond motifs is 7. The van der Waals surface area contributed by atoms with Gasteiger partial charge in [0.25, 0.3) is 0 Å². The fourth-order valence-electron chi connectivity index (χ4n) is 12.9. The molecule has 0 aromatic rings. The highest BCUT2D eigenvalue weighted by Crippen LogP contribution is 2.71. The Kier molecular flexibility index (Phi) is 9.55. The van der Waals surface area contributed by atoms with Crippen molar-refractivity contribution in [2.24, 2.45) is 52.3 Å². The minimum Gasteiger partial charge on any atom is -0.393 e. The van der Waals surface area contributed by atoms with E-state index in [2.05, 4.69) is 27.7 Å². The summed E-state index contributed by atoms with van der Waals surface area (Å²) in [5.41, 5.74) is 0.0559. The molecule has 22 atom stereocenters. The topological polar surface area (TPSA) is 177 Å². The molecule has 4 aliphatic carbocycles. The van der Waals surface area contributed by atoms with E-state index < -0.39 is 67.2 Å². The molecule has 0 aromatic carbocycles. The second-order valence-electron chi connectivity index (χ2n) is 18.4. The number of aliphatic hydroxyl groups excluding tert-OH is 6. The van der Waals surface area contributed by atoms with Crippen LogP contribution in [-0.4, -0.2) is 123 Å². The van der Waals surface area contributed by atoms with Crippen LogP contribution >= 0.6 is 0 Å². The van der Waals surface area contributed by atoms with Crippen molar-refractivity contribution in [3.8, 4) is 0 Å². The van der Waals surface area contributed by atoms with Crippen LogP contribution in [0.4, 0.5) is 0 Å². The SMILES string of the molecule is C[C@H]1CC[C@@]2(OC1)O[C@H]1C[C@H]3[C@@H]4C[C@H](O[C@@H]5O[C@H](C)[C@@H](O)[C@H](O[C@@H]6OC[C@@H](O)[C@H](O)[C@H]6O)[C@H]5O)[C@H]5C[C@@H](O)CC[C@]5(C)[C@H]4CC[C@]3(C)[C@H]1[C@@H]2C. The number of aliphatic hydroxyl groups is 6. The Morgan fingerprint density at radius 1 is 0.680 bits per heavy atom. The Bertz CT molecular complexity index is 1230. The van der Waals surface area contributed by atoms with Gasteiger partial charge in [-0.05, 0) is 105 Å². The molecule has 0 unspecified atom stereocenters. The third-order valence-electron chi connectivity index (χ3n) is 15.7. The van der Waals surface area contributed by atoms with Gasteiger partial charge in [0.2, 0.25) is 0 Å². The molecule has 286 valence electrons. The summed E-state index contributed by atoms with van der Waals surface area (Å²) in [6.45, 7) is 11.7. The Labute approximate surface area is 296 Å². The van der Waals surface area contributed by atoms with E-state index in [9.17, 15) is 30.6 Å². The molecule has 0 amide bonds. The molecule has 12 heteroatoms. The average molecular weight is 711 g/mol. The standard InChI is InChI=1S/C38H62O12/c1-17-6-11-38(46-15-17)18(2)28-27(50-38)14-23-21-13-26(24-12-20(39)7-9-36(24,4)22(21)8-10-37(23,28)5)48-35-32(44)33(29(41)19(3)47-35)49-34-31(43)30(42)25(40)16-45-34/h17-35,39-44H,6-16H2,1-5H3/t17-,18-,19+,20-,21+,22-,23-,24+,25+,26-,27-,28-,29+,30-,31+,32+,33-,34-,35-,36+,37-,38+/m0/s1. The monoisotopic (exact) mass is 710 g/mol. The lowest BCUT2D eigenvalue weighted by Crippen LogP contribution is -2.64. The summed E-state index contributed by atoms with van der Waals surface area (Å²) < 4.78 is 37.9. The summed E-state index contributed by atoms with van der Waals surface area (Å²) in [7, 11) is 0. The van der Waals surface area contributed by atoms with Crippen LogP contribution in [-0.2, 0) is 28.4 Å². The molecule has 6 N–H and O–H groups in total. The molecular weight excluding hydrogens is 648 g/mol. The largest absolute Gasteiger partial charge is 0.393 e. The van der Waals surface area contributed by atoms with Crippen LogP contribution in [0.2, 0.25) is 0 Å². The quantitative estimate of drug-likeness (QED) is 0.235. The van der Waals surface area contributed by atoms with Crippen molar-refractivity contribution in [3.05, 3.63) is 0 Å². The zero-order valence-electron chi connectivity index (χ0n) is 30.4. The van der Waals surface area contributed by atoms with Crippen molar-refractivity contribution in [3.63, 3.8) is 0 Å². The van der Waals surface area contributed by atoms with Crippen LogP contribution in [0, 0.1) is 52.3 Å². The van der Waals surface area contributed by atoms with Crippen LogP contribution in [0.1, 0.15) is 92.4 Å². The van der Waals surface area contributed by atoms with Crippen LogP contribution < -0.4 is 0 Å². The van der Waals surface area contributed by atoms with Crippen LogP contribution in [0.15, 0.2) is 0 Å². The lowest BCUT2D eigenvalue weighted by molar-refractivity contribution is -0.357. The summed E-state index contributed by atoms with van der Waals surface area (Å²) in [6.07, 6.45) is -3.60. The normalized spacial score (nSPS) is 60.9. The van der Waals surface area contributed by atoms with Gasteiger partial charge in [-0.15, -0.1) is 0 Å². The van der Waals surface area contributed by atoms with Crippen LogP contribution in [0.5, 0.6) is 0 Å². The van der Waals surface area contributed by atoms with Gasteiger partial charge < -0.3 is 59.1 Å². The summed E-state index contributed by atoms with van der Waals surface area (Å²) in [5, 5.41) is 64.3. The first-order valence-electron chi connectivity index (χ1n) is 19.6. The van der Waals surface area contributed by atoms with Crippen molar-refractivity contribution in [1.29, 1.82) is 0 Å². The third-order valence-corrected chi connectivity index (χ3v) is 15.7. The highest BCUT2D eigenvalue weighted by Gasteiger charge is 2.70. The van der Waals surface area contributed by atoms with Gasteiger partial charge in [0.15, 0.2) is 18.4 Å². The van der Waals surface area contributed by atoms with Gasteiger partial charge in [-0.1, -0.05) is 27.7 Å². The molecule has 0 bridgehead atoms. The molecule has 8 rings (SSSR count). The molecule has 4 heterocycles. The van der Waals surface area contributed by atoms with E-state index in [1.54, 1.807) is 6.92 Å². The van der Waals surface area contributed by atoms with E-state index in [4.69, 9.17) is 28.4 Å². The maximum Gasteiger partial charge on any atom is 0.186 e. The molecule has 4 saturated heterocycles. The highest BCUT2D eigenvalue weighted by atomic mass is 16.7. The molecule has 1 spiro atoms. The molecule has 0 aromatic heterocycles. The fourth-order valence-corrected chi connectivity index (χ4v) is 12.9. The summed E-state index contributed by atoms with van der Waals surface area (Å²) in [4.78, 5) is 0. The first kappa shape index (κ1) is 36.5. The third kappa shape index (κ3) is 5.60. The van der Waals surface area contributed by atoms with Crippen molar-refractivity contribution in [1.82, 2.24) is 0 Å². The predicted molar refractivity (Wildman–Crippen MR) is 177 cm³/mol. The zero-order chi connectivity index (χ0) is 35.5. The number of hydrogen-bond donors (Lipinski definition) is 6. The van der Waals surface area contributed by atoms with Gasteiger partial charge in [0.1, 0.15) is 36.6 Å². The van der Waals surface area contributed by atoms with E-state index in [0.717, 1.165) is 58.0 Å². The predicted octanol–water partition coefficient (Wildman–Crippen LogP) is 2.08. The van der Waals surface area contributed by atoms with E-state index in [-0.39, 0.29) is 35.6 Å². The van der Waals surface area contributed by atoms with Crippen LogP contribution in [0.25, 0.3) is 0 Å². The van der Waals surface area contributed by atoms with Gasteiger partial charge in [0.05, 0.1) is 37.6 Å². The highest BCUT2D eigenvalue weighted by molar-refractivity contribution is 5.16. The minimum absolute atomic E-state index is 0.0557. The molecular formula is C38H62O12. The van der Waals surface area contributed by atoms with Gasteiger partial charge in [0, 0.05) is 12.3 Å². The van der Waals surface area contributed by atoms with Crippen molar-refractivity contribution in [2.75, 3.05) is 13.2 Å². The van der Waals surface area contributed by atoms with Crippen molar-refractivity contribution < 1.29 is 59.1 Å². The Balaban J connectivity index is 1.04. The van der Waals surface area contributed by atoms with E-state index in [0.29, 0.717) is 41.9 Å². The Morgan fingerprint density at radius 3 is 2.18 bits per heavy atom. The lowest BCUT2D eigenvalue weighted by Gasteiger charge is -2.63. The van der Waals surface area contributed by atoms with E-state index in [1.165, 1.54) is 0 Å². The van der Waals surface area contributed by atoms with Gasteiger partial charge in [-0.25, -0.2) is 0 Å². The van der Waals surface area contributed by atoms with Gasteiger partial charge in [-0.3, -0.25) is 0 Å². The molecule has 12 nitrogen and oxygen atoms in total. The van der Waals surface area contributed by atoms with E-state index >= 15 is 0 Å². The average Bonchev–Trinajstić information content (AvgIpc) is 3.53. The molecule has 4 aliphatic heterocycles. The molecule has 8 aliphatic rings. The van der Waals surface area contributed by atoms with E-state index in [1.807, 2.05) is 0 Å². The summed E-state index contributed by atoms with van der Waals surface area (Å²) >= 11 is 0. The molecule has 8 fully saturated rings. The second-order valence-corrected chi connectivity index (χ2v) is 18.4. The molecule has 50 heavy (non-hydrogen) atoms.